The number of pyridine rings is 1. The molecule has 1 atom stereocenters. The molecular weight excluding hydrogens is 818 g/mol. The van der Waals surface area contributed by atoms with Crippen LogP contribution in [0.5, 0.6) is 0 Å². The predicted octanol–water partition coefficient (Wildman–Crippen LogP) is 4.96. The summed E-state index contributed by atoms with van der Waals surface area (Å²) in [6, 6.07) is 15.1. The van der Waals surface area contributed by atoms with Crippen LogP contribution in [0.25, 0.3) is 27.8 Å². The summed E-state index contributed by atoms with van der Waals surface area (Å²) >= 11 is 0. The lowest BCUT2D eigenvalue weighted by Gasteiger charge is -2.40. The maximum atomic E-state index is 16.1. The minimum atomic E-state index is -1.00. The molecule has 3 saturated heterocycles. The molecule has 18 heteroatoms. The topological polar surface area (TPSA) is 175 Å². The van der Waals surface area contributed by atoms with Crippen LogP contribution in [0.15, 0.2) is 72.2 Å². The summed E-state index contributed by atoms with van der Waals surface area (Å²) in [4.78, 5) is 60.4. The van der Waals surface area contributed by atoms with Crippen molar-refractivity contribution in [3.8, 4) is 5.82 Å². The molecule has 1 aliphatic carbocycles. The molecule has 2 aromatic carbocycles. The number of aromatic nitrogens is 7. The third-order valence-corrected chi connectivity index (χ3v) is 13.5. The van der Waals surface area contributed by atoms with Crippen LogP contribution < -0.4 is 30.9 Å². The fourth-order valence-electron chi connectivity index (χ4n) is 9.91. The molecule has 64 heavy (non-hydrogen) atoms. The number of nitrogens with one attached hydrogen (secondary N) is 2. The first kappa shape index (κ1) is 41.4. The standard InChI is InChI=1S/C46H52FN13O4/c1-4-19-59-43(62)34-27-48-44(52-41(34)60(59)36-13-6-30-14-18-46(64,5-2)40(30)50-36)49-31-7-9-32(10-8-31)56-25-23-55(24-26-56)28-29-15-20-57(21-16-29)35-12-11-33-39(38(35)47)54(3)53-42(33)58-22-17-37(61)51-45(58)63/h4,6-13,27,29,64H,1,5,14-26,28H2,2-3H3,(H,48,49,52)(H,51,61,63)/t46-/m1/s1. The lowest BCUT2D eigenvalue weighted by molar-refractivity contribution is -0.120. The van der Waals surface area contributed by atoms with E-state index in [1.54, 1.807) is 34.8 Å². The van der Waals surface area contributed by atoms with Gasteiger partial charge in [-0.05, 0) is 86.1 Å². The Hall–Kier alpha value is -6.66. The largest absolute Gasteiger partial charge is 0.384 e. The number of piperazine rings is 1. The van der Waals surface area contributed by atoms with Crippen molar-refractivity contribution < 1.29 is 19.1 Å². The van der Waals surface area contributed by atoms with E-state index in [1.807, 2.05) is 37.3 Å². The van der Waals surface area contributed by atoms with Crippen LogP contribution in [0.1, 0.15) is 50.3 Å². The molecule has 0 unspecified atom stereocenters. The van der Waals surface area contributed by atoms with Gasteiger partial charge in [0, 0.05) is 88.8 Å². The third-order valence-electron chi connectivity index (χ3n) is 13.5. The van der Waals surface area contributed by atoms with Gasteiger partial charge in [-0.25, -0.2) is 28.5 Å². The van der Waals surface area contributed by atoms with Gasteiger partial charge in [0.2, 0.25) is 11.9 Å². The zero-order chi connectivity index (χ0) is 44.3. The first-order chi connectivity index (χ1) is 31.0. The highest BCUT2D eigenvalue weighted by atomic mass is 19.1. The summed E-state index contributed by atoms with van der Waals surface area (Å²) in [6.07, 6.45) is 7.22. The van der Waals surface area contributed by atoms with Crippen molar-refractivity contribution >= 4 is 62.7 Å². The maximum absolute atomic E-state index is 16.1. The fraction of sp³-hybridized carbons (Fsp3) is 0.413. The van der Waals surface area contributed by atoms with Gasteiger partial charge in [0.15, 0.2) is 23.1 Å². The second-order valence-corrected chi connectivity index (χ2v) is 17.4. The molecule has 0 radical (unpaired) electrons. The minimum Gasteiger partial charge on any atom is -0.384 e. The Kier molecular flexibility index (Phi) is 10.6. The van der Waals surface area contributed by atoms with E-state index < -0.39 is 11.6 Å². The molecule has 0 bridgehead atoms. The van der Waals surface area contributed by atoms with Crippen molar-refractivity contribution in [2.24, 2.45) is 13.0 Å². The molecule has 7 heterocycles. The predicted molar refractivity (Wildman–Crippen MR) is 243 cm³/mol. The Morgan fingerprint density at radius 2 is 1.72 bits per heavy atom. The van der Waals surface area contributed by atoms with E-state index in [1.165, 1.54) is 9.58 Å². The highest BCUT2D eigenvalue weighted by Crippen LogP contribution is 2.39. The summed E-state index contributed by atoms with van der Waals surface area (Å²) in [5.74, 6) is 1.03. The average Bonchev–Trinajstić information content (AvgIpc) is 3.92. The summed E-state index contributed by atoms with van der Waals surface area (Å²) in [5.41, 5.74) is 3.65. The molecule has 3 amide bonds. The number of aliphatic hydroxyl groups is 1. The number of aryl methyl sites for hydroxylation is 2. The van der Waals surface area contributed by atoms with E-state index >= 15 is 4.39 Å². The van der Waals surface area contributed by atoms with Gasteiger partial charge in [-0.15, -0.1) is 6.58 Å². The maximum Gasteiger partial charge on any atom is 0.329 e. The average molecular weight is 870 g/mol. The van der Waals surface area contributed by atoms with Crippen molar-refractivity contribution in [3.63, 3.8) is 0 Å². The first-order valence-electron chi connectivity index (χ1n) is 22.2. The molecule has 0 spiro atoms. The number of imide groups is 1. The van der Waals surface area contributed by atoms with E-state index in [0.717, 1.165) is 82.0 Å². The number of halogens is 1. The Morgan fingerprint density at radius 3 is 2.45 bits per heavy atom. The van der Waals surface area contributed by atoms with Crippen LogP contribution in [0.3, 0.4) is 0 Å². The molecule has 332 valence electrons. The number of fused-ring (bicyclic) bond motifs is 3. The van der Waals surface area contributed by atoms with Crippen LogP contribution in [-0.2, 0) is 30.4 Å². The molecule has 17 nitrogen and oxygen atoms in total. The number of hydrogen-bond acceptors (Lipinski definition) is 12. The SMILES string of the molecule is C=CCn1c(=O)c2cnc(Nc3ccc(N4CCN(CC5CCN(c6ccc7c(N8CCC(=O)NC8=O)nn(C)c7c6F)CC5)CC4)cc3)nc2n1-c1ccc2c(n1)[C@@](O)(CC)CC2. The van der Waals surface area contributed by atoms with Crippen molar-refractivity contribution in [1.82, 2.24) is 44.3 Å². The molecule has 3 aliphatic heterocycles. The lowest BCUT2D eigenvalue weighted by atomic mass is 9.95. The molecule has 3 fully saturated rings. The summed E-state index contributed by atoms with van der Waals surface area (Å²) in [7, 11) is 1.68. The lowest BCUT2D eigenvalue weighted by Crippen LogP contribution is -2.49. The van der Waals surface area contributed by atoms with Crippen LogP contribution in [0.4, 0.5) is 38.0 Å². The summed E-state index contributed by atoms with van der Waals surface area (Å²) in [6.45, 7) is 12.5. The molecule has 4 aliphatic rings. The number of carbonyl (C=O) groups is 2. The van der Waals surface area contributed by atoms with Crippen LogP contribution in [0.2, 0.25) is 0 Å². The van der Waals surface area contributed by atoms with Crippen molar-refractivity contribution in [2.45, 2.75) is 57.6 Å². The van der Waals surface area contributed by atoms with Gasteiger partial charge in [0.25, 0.3) is 5.56 Å². The molecule has 6 aromatic rings. The Morgan fingerprint density at radius 1 is 0.938 bits per heavy atom. The second kappa shape index (κ2) is 16.5. The molecule has 4 aromatic heterocycles. The zero-order valence-electron chi connectivity index (χ0n) is 36.1. The Labute approximate surface area is 368 Å². The highest BCUT2D eigenvalue weighted by Gasteiger charge is 2.37. The van der Waals surface area contributed by atoms with Crippen LogP contribution in [0, 0.1) is 11.7 Å². The van der Waals surface area contributed by atoms with Gasteiger partial charge >= 0.3 is 6.03 Å². The van der Waals surface area contributed by atoms with Gasteiger partial charge in [0.05, 0.1) is 17.9 Å². The quantitative estimate of drug-likeness (QED) is 0.150. The van der Waals surface area contributed by atoms with Crippen molar-refractivity contribution in [3.05, 3.63) is 94.8 Å². The number of hydrogen-bond donors (Lipinski definition) is 3. The van der Waals surface area contributed by atoms with Crippen LogP contribution >= 0.6 is 0 Å². The Balaban J connectivity index is 0.750. The van der Waals surface area contributed by atoms with Gasteiger partial charge < -0.3 is 20.2 Å². The number of benzene rings is 2. The fourth-order valence-corrected chi connectivity index (χ4v) is 9.91. The van der Waals surface area contributed by atoms with E-state index in [2.05, 4.69) is 54.1 Å². The van der Waals surface area contributed by atoms with Gasteiger partial charge in [-0.2, -0.15) is 10.1 Å². The molecule has 10 rings (SSSR count). The van der Waals surface area contributed by atoms with Gasteiger partial charge in [-0.3, -0.25) is 29.4 Å². The number of allylic oxidation sites excluding steroid dienone is 1. The molecule has 3 N–H and O–H groups in total. The number of amides is 3. The number of rotatable bonds is 11. The van der Waals surface area contributed by atoms with Gasteiger partial charge in [-0.1, -0.05) is 19.1 Å². The van der Waals surface area contributed by atoms with Crippen molar-refractivity contribution in [1.29, 1.82) is 0 Å². The third kappa shape index (κ3) is 7.33. The van der Waals surface area contributed by atoms with Crippen LogP contribution in [-0.4, -0.2) is 108 Å². The minimum absolute atomic E-state index is 0.169. The van der Waals surface area contributed by atoms with E-state index in [9.17, 15) is 19.5 Å². The number of nitrogens with zero attached hydrogens (tertiary/aromatic N) is 11. The normalized spacial score (nSPS) is 19.8. The van der Waals surface area contributed by atoms with E-state index in [0.29, 0.717) is 69.7 Å². The highest BCUT2D eigenvalue weighted by molar-refractivity contribution is 6.09. The number of anilines is 5. The number of carbonyl (C=O) groups excluding carboxylic acids is 2. The summed E-state index contributed by atoms with van der Waals surface area (Å²) in [5, 5.41) is 22.3. The second-order valence-electron chi connectivity index (χ2n) is 17.4. The van der Waals surface area contributed by atoms with Gasteiger partial charge in [0.1, 0.15) is 16.5 Å². The van der Waals surface area contributed by atoms with E-state index in [4.69, 9.17) is 9.97 Å². The first-order valence-corrected chi connectivity index (χ1v) is 22.2. The smallest absolute Gasteiger partial charge is 0.329 e. The summed E-state index contributed by atoms with van der Waals surface area (Å²) < 4.78 is 20.8. The number of piperidine rings is 1. The Bertz CT molecular complexity index is 2860. The van der Waals surface area contributed by atoms with Crippen molar-refractivity contribution in [2.75, 3.05) is 72.4 Å². The van der Waals surface area contributed by atoms with E-state index in [-0.39, 0.29) is 36.8 Å². The molecular formula is C46H52FN13O4. The number of urea groups is 1. The molecule has 0 saturated carbocycles. The zero-order valence-corrected chi connectivity index (χ0v) is 36.1. The monoisotopic (exact) mass is 869 g/mol.